The van der Waals surface area contributed by atoms with Crippen LogP contribution in [0.3, 0.4) is 0 Å². The van der Waals surface area contributed by atoms with Gasteiger partial charge in [-0.1, -0.05) is 11.8 Å². The number of ether oxygens (including phenoxy) is 2. The number of nitrogens with one attached hydrogen (secondary N) is 1. The van der Waals surface area contributed by atoms with Crippen LogP contribution in [0.5, 0.6) is 5.75 Å². The number of esters is 1. The summed E-state index contributed by atoms with van der Waals surface area (Å²) in [6.07, 6.45) is 0. The summed E-state index contributed by atoms with van der Waals surface area (Å²) in [5.41, 5.74) is 0.904. The van der Waals surface area contributed by atoms with Gasteiger partial charge in [-0.05, 0) is 31.2 Å². The number of rotatable bonds is 6. The van der Waals surface area contributed by atoms with E-state index in [0.29, 0.717) is 17.6 Å². The number of carbonyl (C=O) groups excluding carboxylic acids is 1. The molecule has 0 amide bonds. The number of thioether (sulfide) groups is 1. The Morgan fingerprint density at radius 2 is 2.10 bits per heavy atom. The van der Waals surface area contributed by atoms with Crippen molar-refractivity contribution in [2.24, 2.45) is 0 Å². The van der Waals surface area contributed by atoms with E-state index in [1.165, 1.54) is 11.8 Å². The molecule has 0 bridgehead atoms. The first-order valence-electron chi connectivity index (χ1n) is 6.08. The highest BCUT2D eigenvalue weighted by Crippen LogP contribution is 2.21. The van der Waals surface area contributed by atoms with Crippen molar-refractivity contribution in [1.82, 2.24) is 15.2 Å². The first-order chi connectivity index (χ1) is 9.72. The number of H-pyrrole nitrogens is 1. The van der Waals surface area contributed by atoms with Gasteiger partial charge in [-0.15, -0.1) is 5.10 Å². The Balaban J connectivity index is 1.99. The first kappa shape index (κ1) is 14.4. The van der Waals surface area contributed by atoms with Crippen molar-refractivity contribution < 1.29 is 14.3 Å². The maximum absolute atomic E-state index is 11.2. The van der Waals surface area contributed by atoms with E-state index in [4.69, 9.17) is 9.47 Å². The summed E-state index contributed by atoms with van der Waals surface area (Å²) < 4.78 is 9.94. The smallest absolute Gasteiger partial charge is 0.316 e. The summed E-state index contributed by atoms with van der Waals surface area (Å²) in [6.45, 7) is 2.15. The van der Waals surface area contributed by atoms with Gasteiger partial charge in [-0.25, -0.2) is 4.98 Å². The number of aromatic amines is 1. The van der Waals surface area contributed by atoms with E-state index in [0.717, 1.165) is 11.3 Å². The minimum Gasteiger partial charge on any atom is -0.497 e. The quantitative estimate of drug-likeness (QED) is 0.649. The van der Waals surface area contributed by atoms with Crippen molar-refractivity contribution >= 4 is 17.7 Å². The Morgan fingerprint density at radius 1 is 1.35 bits per heavy atom. The number of nitrogens with zero attached hydrogens (tertiary/aromatic N) is 2. The molecular formula is C13H15N3O3S. The molecule has 0 saturated carbocycles. The largest absolute Gasteiger partial charge is 0.497 e. The molecule has 0 aliphatic carbocycles. The molecule has 0 unspecified atom stereocenters. The van der Waals surface area contributed by atoms with Crippen LogP contribution in [0.15, 0.2) is 29.4 Å². The highest BCUT2D eigenvalue weighted by atomic mass is 32.2. The van der Waals surface area contributed by atoms with Gasteiger partial charge >= 0.3 is 5.97 Å². The maximum atomic E-state index is 11.2. The molecule has 7 heteroatoms. The lowest BCUT2D eigenvalue weighted by atomic mass is 10.2. The zero-order chi connectivity index (χ0) is 14.4. The zero-order valence-corrected chi connectivity index (χ0v) is 12.1. The second-order valence-corrected chi connectivity index (χ2v) is 4.73. The molecule has 106 valence electrons. The van der Waals surface area contributed by atoms with Crippen LogP contribution in [0.4, 0.5) is 0 Å². The first-order valence-corrected chi connectivity index (χ1v) is 7.06. The van der Waals surface area contributed by atoms with Crippen LogP contribution in [-0.2, 0) is 9.53 Å². The Hall–Kier alpha value is -2.02. The SMILES string of the molecule is CCOC(=O)CSc1n[nH]c(-c2ccc(OC)cc2)n1. The van der Waals surface area contributed by atoms with Crippen LogP contribution in [0.1, 0.15) is 6.92 Å². The fraction of sp³-hybridized carbons (Fsp3) is 0.308. The van der Waals surface area contributed by atoms with E-state index in [2.05, 4.69) is 15.2 Å². The second-order valence-electron chi connectivity index (χ2n) is 3.79. The van der Waals surface area contributed by atoms with Crippen molar-refractivity contribution in [2.75, 3.05) is 19.5 Å². The Kier molecular flexibility index (Phi) is 5.00. The van der Waals surface area contributed by atoms with Gasteiger partial charge in [0.15, 0.2) is 5.82 Å². The van der Waals surface area contributed by atoms with Gasteiger partial charge in [0.05, 0.1) is 19.5 Å². The number of benzene rings is 1. The third-order valence-corrected chi connectivity index (χ3v) is 3.27. The molecule has 0 fully saturated rings. The number of carbonyl (C=O) groups is 1. The van der Waals surface area contributed by atoms with Gasteiger partial charge < -0.3 is 9.47 Å². The lowest BCUT2D eigenvalue weighted by Gasteiger charge is -2.00. The Bertz CT molecular complexity index is 568. The lowest BCUT2D eigenvalue weighted by Crippen LogP contribution is -2.06. The van der Waals surface area contributed by atoms with E-state index < -0.39 is 0 Å². The molecule has 0 aliphatic rings. The summed E-state index contributed by atoms with van der Waals surface area (Å²) in [5, 5.41) is 7.41. The van der Waals surface area contributed by atoms with Crippen molar-refractivity contribution in [3.05, 3.63) is 24.3 Å². The average Bonchev–Trinajstić information content (AvgIpc) is 2.94. The maximum Gasteiger partial charge on any atom is 0.316 e. The molecule has 0 spiro atoms. The number of aromatic nitrogens is 3. The van der Waals surface area contributed by atoms with E-state index in [1.54, 1.807) is 14.0 Å². The molecule has 0 aliphatic heterocycles. The molecule has 2 rings (SSSR count). The molecule has 6 nitrogen and oxygen atoms in total. The molecule has 1 aromatic carbocycles. The summed E-state index contributed by atoms with van der Waals surface area (Å²) in [5.74, 6) is 1.37. The standard InChI is InChI=1S/C13H15N3O3S/c1-3-19-11(17)8-20-13-14-12(15-16-13)9-4-6-10(18-2)7-5-9/h4-7H,3,8H2,1-2H3,(H,14,15,16). The summed E-state index contributed by atoms with van der Waals surface area (Å²) in [6, 6.07) is 7.48. The molecule has 2 aromatic rings. The van der Waals surface area contributed by atoms with Crippen molar-refractivity contribution in [3.8, 4) is 17.1 Å². The molecule has 0 radical (unpaired) electrons. The normalized spacial score (nSPS) is 10.3. The average molecular weight is 293 g/mol. The fourth-order valence-electron chi connectivity index (χ4n) is 1.52. The lowest BCUT2D eigenvalue weighted by molar-refractivity contribution is -0.139. The molecule has 0 saturated heterocycles. The molecule has 1 aromatic heterocycles. The van der Waals surface area contributed by atoms with Crippen molar-refractivity contribution in [3.63, 3.8) is 0 Å². The number of methoxy groups -OCH3 is 1. The van der Waals surface area contributed by atoms with E-state index >= 15 is 0 Å². The zero-order valence-electron chi connectivity index (χ0n) is 11.3. The van der Waals surface area contributed by atoms with Crippen molar-refractivity contribution in [1.29, 1.82) is 0 Å². The Morgan fingerprint density at radius 3 is 2.75 bits per heavy atom. The second kappa shape index (κ2) is 6.95. The topological polar surface area (TPSA) is 77.1 Å². The van der Waals surface area contributed by atoms with Gasteiger partial charge in [0.1, 0.15) is 5.75 Å². The van der Waals surface area contributed by atoms with Crippen LogP contribution < -0.4 is 4.74 Å². The predicted molar refractivity (Wildman–Crippen MR) is 75.7 cm³/mol. The fourth-order valence-corrected chi connectivity index (χ4v) is 2.11. The monoisotopic (exact) mass is 293 g/mol. The predicted octanol–water partition coefficient (Wildman–Crippen LogP) is 2.14. The summed E-state index contributed by atoms with van der Waals surface area (Å²) in [4.78, 5) is 15.6. The van der Waals surface area contributed by atoms with Gasteiger partial charge in [0.2, 0.25) is 5.16 Å². The van der Waals surface area contributed by atoms with Gasteiger partial charge in [-0.2, -0.15) is 0 Å². The van der Waals surface area contributed by atoms with E-state index in [-0.39, 0.29) is 11.7 Å². The highest BCUT2D eigenvalue weighted by molar-refractivity contribution is 7.99. The third-order valence-electron chi connectivity index (χ3n) is 2.45. The van der Waals surface area contributed by atoms with Crippen molar-refractivity contribution in [2.45, 2.75) is 12.1 Å². The molecule has 0 atom stereocenters. The van der Waals surface area contributed by atoms with Gasteiger partial charge in [0, 0.05) is 5.56 Å². The van der Waals surface area contributed by atoms with Crippen LogP contribution in [0.2, 0.25) is 0 Å². The Labute approximate surface area is 120 Å². The van der Waals surface area contributed by atoms with Gasteiger partial charge in [-0.3, -0.25) is 9.89 Å². The molecular weight excluding hydrogens is 278 g/mol. The number of hydrogen-bond donors (Lipinski definition) is 1. The summed E-state index contributed by atoms with van der Waals surface area (Å²) in [7, 11) is 1.62. The number of hydrogen-bond acceptors (Lipinski definition) is 6. The van der Waals surface area contributed by atoms with Crippen LogP contribution in [0, 0.1) is 0 Å². The molecule has 1 heterocycles. The molecule has 20 heavy (non-hydrogen) atoms. The van der Waals surface area contributed by atoms with E-state index in [1.807, 2.05) is 24.3 Å². The minimum absolute atomic E-state index is 0.202. The third kappa shape index (κ3) is 3.74. The molecule has 1 N–H and O–H groups in total. The minimum atomic E-state index is -0.270. The van der Waals surface area contributed by atoms with Crippen LogP contribution >= 0.6 is 11.8 Å². The van der Waals surface area contributed by atoms with Crippen LogP contribution in [0.25, 0.3) is 11.4 Å². The highest BCUT2D eigenvalue weighted by Gasteiger charge is 2.09. The van der Waals surface area contributed by atoms with Gasteiger partial charge in [0.25, 0.3) is 0 Å². The summed E-state index contributed by atoms with van der Waals surface area (Å²) >= 11 is 1.24. The van der Waals surface area contributed by atoms with E-state index in [9.17, 15) is 4.79 Å². The van der Waals surface area contributed by atoms with Crippen LogP contribution in [-0.4, -0.2) is 40.6 Å².